The summed E-state index contributed by atoms with van der Waals surface area (Å²) in [6.07, 6.45) is 29.8. The van der Waals surface area contributed by atoms with Gasteiger partial charge in [0.05, 0.1) is 27.7 Å². The van der Waals surface area contributed by atoms with E-state index < -0.39 is 26.5 Å². The molecule has 49 heavy (non-hydrogen) atoms. The highest BCUT2D eigenvalue weighted by Crippen LogP contribution is 2.38. The van der Waals surface area contributed by atoms with Gasteiger partial charge < -0.3 is 27.9 Å². The van der Waals surface area contributed by atoms with Gasteiger partial charge in [0.25, 0.3) is 7.82 Å². The van der Waals surface area contributed by atoms with E-state index >= 15 is 0 Å². The number of nitrogens with zero attached hydrogens (tertiary/aromatic N) is 1. The lowest BCUT2D eigenvalue weighted by Crippen LogP contribution is -2.37. The molecule has 0 aromatic rings. The number of phosphoric acid groups is 1. The molecule has 292 valence electrons. The number of unbranched alkanes of at least 4 members (excludes halogenated alkanes) is 23. The third-order valence-electron chi connectivity index (χ3n) is 8.88. The minimum absolute atomic E-state index is 0.0260. The summed E-state index contributed by atoms with van der Waals surface area (Å²) in [6, 6.07) is 0. The Morgan fingerprint density at radius 3 is 1.31 bits per heavy atom. The predicted octanol–water partition coefficient (Wildman–Crippen LogP) is 10.2. The predicted molar refractivity (Wildman–Crippen MR) is 199 cm³/mol. The summed E-state index contributed by atoms with van der Waals surface area (Å²) in [5.74, 6) is -0.826. The molecule has 0 aromatic carbocycles. The average Bonchev–Trinajstić information content (AvgIpc) is 3.04. The fourth-order valence-corrected chi connectivity index (χ4v) is 6.38. The highest BCUT2D eigenvalue weighted by molar-refractivity contribution is 7.45. The summed E-state index contributed by atoms with van der Waals surface area (Å²) in [5, 5.41) is 0. The maximum absolute atomic E-state index is 12.6. The first-order valence-electron chi connectivity index (χ1n) is 20.2. The first kappa shape index (κ1) is 48.0. The van der Waals surface area contributed by atoms with E-state index in [1.165, 1.54) is 122 Å². The van der Waals surface area contributed by atoms with Crippen molar-refractivity contribution in [1.29, 1.82) is 0 Å². The summed E-state index contributed by atoms with van der Waals surface area (Å²) >= 11 is 0. The Bertz CT molecular complexity index is 819. The largest absolute Gasteiger partial charge is 0.756 e. The van der Waals surface area contributed by atoms with Crippen LogP contribution in [0.3, 0.4) is 0 Å². The van der Waals surface area contributed by atoms with Crippen molar-refractivity contribution in [1.82, 2.24) is 0 Å². The Morgan fingerprint density at radius 2 is 0.918 bits per heavy atom. The van der Waals surface area contributed by atoms with E-state index in [-0.39, 0.29) is 32.0 Å². The van der Waals surface area contributed by atoms with Gasteiger partial charge in [-0.15, -0.1) is 0 Å². The third kappa shape index (κ3) is 36.6. The smallest absolute Gasteiger partial charge is 0.306 e. The van der Waals surface area contributed by atoms with Gasteiger partial charge in [0.1, 0.15) is 19.8 Å². The van der Waals surface area contributed by atoms with Crippen LogP contribution < -0.4 is 4.89 Å². The number of rotatable bonds is 37. The maximum atomic E-state index is 12.6. The van der Waals surface area contributed by atoms with Gasteiger partial charge in [-0.3, -0.25) is 14.2 Å². The molecule has 0 aliphatic carbocycles. The zero-order valence-corrected chi connectivity index (χ0v) is 33.6. The number of ether oxygens (including phenoxy) is 2. The van der Waals surface area contributed by atoms with Crippen LogP contribution >= 0.6 is 7.82 Å². The lowest BCUT2D eigenvalue weighted by Gasteiger charge is -2.28. The molecule has 0 saturated heterocycles. The Kier molecular flexibility index (Phi) is 32.2. The monoisotopic (exact) mass is 720 g/mol. The second kappa shape index (κ2) is 32.9. The lowest BCUT2D eigenvalue weighted by atomic mass is 10.0. The van der Waals surface area contributed by atoms with Gasteiger partial charge in [-0.2, -0.15) is 0 Å². The highest BCUT2D eigenvalue weighted by atomic mass is 31.2. The van der Waals surface area contributed by atoms with Gasteiger partial charge in [0, 0.05) is 12.8 Å². The fourth-order valence-electron chi connectivity index (χ4n) is 5.65. The first-order valence-corrected chi connectivity index (χ1v) is 21.7. The van der Waals surface area contributed by atoms with E-state index in [0.717, 1.165) is 32.1 Å². The molecule has 0 aliphatic heterocycles. The van der Waals surface area contributed by atoms with E-state index in [1.54, 1.807) is 0 Å². The van der Waals surface area contributed by atoms with Crippen molar-refractivity contribution in [3.05, 3.63) is 0 Å². The minimum Gasteiger partial charge on any atom is -0.756 e. The third-order valence-corrected chi connectivity index (χ3v) is 9.84. The second-order valence-corrected chi connectivity index (χ2v) is 16.4. The molecule has 0 spiro atoms. The van der Waals surface area contributed by atoms with Gasteiger partial charge in [0.2, 0.25) is 0 Å². The van der Waals surface area contributed by atoms with E-state index in [9.17, 15) is 19.0 Å². The van der Waals surface area contributed by atoms with Crippen molar-refractivity contribution in [3.63, 3.8) is 0 Å². The number of hydrogen-bond donors (Lipinski definition) is 0. The molecule has 1 unspecified atom stereocenters. The van der Waals surface area contributed by atoms with E-state index in [4.69, 9.17) is 18.5 Å². The van der Waals surface area contributed by atoms with Crippen LogP contribution in [0.15, 0.2) is 0 Å². The Morgan fingerprint density at radius 1 is 0.551 bits per heavy atom. The van der Waals surface area contributed by atoms with Crippen LogP contribution in [0.4, 0.5) is 0 Å². The summed E-state index contributed by atoms with van der Waals surface area (Å²) in [4.78, 5) is 37.3. The molecule has 0 rings (SSSR count). The Labute approximate surface area is 302 Å². The molecule has 0 bridgehead atoms. The molecule has 0 fully saturated rings. The lowest BCUT2D eigenvalue weighted by molar-refractivity contribution is -0.870. The van der Waals surface area contributed by atoms with Crippen LogP contribution in [0.1, 0.15) is 187 Å². The second-order valence-electron chi connectivity index (χ2n) is 15.0. The van der Waals surface area contributed by atoms with E-state index in [2.05, 4.69) is 13.8 Å². The number of phosphoric ester groups is 1. The molecule has 0 N–H and O–H groups in total. The Hall–Kier alpha value is -0.990. The topological polar surface area (TPSA) is 111 Å². The molecule has 0 amide bonds. The van der Waals surface area contributed by atoms with Crippen LogP contribution in [-0.2, 0) is 32.7 Å². The summed E-state index contributed by atoms with van der Waals surface area (Å²) in [5.41, 5.74) is 0. The summed E-state index contributed by atoms with van der Waals surface area (Å²) in [7, 11) is 1.18. The van der Waals surface area contributed by atoms with Crippen molar-refractivity contribution in [2.75, 3.05) is 47.5 Å². The summed E-state index contributed by atoms with van der Waals surface area (Å²) in [6.45, 7) is 4.23. The molecule has 10 heteroatoms. The van der Waals surface area contributed by atoms with E-state index in [0.29, 0.717) is 17.4 Å². The van der Waals surface area contributed by atoms with Crippen LogP contribution in [0.2, 0.25) is 0 Å². The first-order chi connectivity index (χ1) is 23.5. The number of carbonyl (C=O) groups is 2. The molecule has 2 atom stereocenters. The number of esters is 2. The molecule has 0 aromatic heterocycles. The number of quaternary nitrogens is 1. The van der Waals surface area contributed by atoms with Crippen LogP contribution in [0, 0.1) is 0 Å². The molecule has 9 nitrogen and oxygen atoms in total. The van der Waals surface area contributed by atoms with Crippen molar-refractivity contribution >= 4 is 19.8 Å². The molecule has 0 aliphatic rings. The number of likely N-dealkylation sites (N-methyl/N-ethyl adjacent to an activating group) is 1. The number of hydrogen-bond acceptors (Lipinski definition) is 8. The fraction of sp³-hybridized carbons (Fsp3) is 0.949. The minimum atomic E-state index is -4.61. The van der Waals surface area contributed by atoms with Gasteiger partial charge >= 0.3 is 11.9 Å². The zero-order valence-electron chi connectivity index (χ0n) is 32.7. The van der Waals surface area contributed by atoms with Gasteiger partial charge in [0.15, 0.2) is 6.10 Å². The molecule has 0 radical (unpaired) electrons. The quantitative estimate of drug-likeness (QED) is 0.0270. The van der Waals surface area contributed by atoms with Crippen molar-refractivity contribution in [3.8, 4) is 0 Å². The standard InChI is InChI=1S/C39H78NO8P/c1-6-8-10-12-14-16-18-19-20-21-22-24-26-28-30-32-39(42)48-37(36-47-49(43,44)46-34-33-40(3,4)5)35-45-38(41)31-29-27-25-23-17-15-13-11-9-7-2/h37H,6-36H2,1-5H3/t37-/m1/s1. The zero-order chi connectivity index (χ0) is 36.5. The van der Waals surface area contributed by atoms with Gasteiger partial charge in [-0.05, 0) is 12.8 Å². The SMILES string of the molecule is CCCCCCCCCCCCCCCCCC(=O)O[C@H](COC(=O)CCCCCCCCCCCC)COP(=O)([O-])OCC[N+](C)(C)C. The molecule has 0 saturated carbocycles. The van der Waals surface area contributed by atoms with Crippen LogP contribution in [0.25, 0.3) is 0 Å². The van der Waals surface area contributed by atoms with Crippen LogP contribution in [-0.4, -0.2) is 70.0 Å². The Balaban J connectivity index is 4.36. The van der Waals surface area contributed by atoms with Gasteiger partial charge in [-0.1, -0.05) is 162 Å². The molecule has 0 heterocycles. The average molecular weight is 720 g/mol. The highest BCUT2D eigenvalue weighted by Gasteiger charge is 2.21. The van der Waals surface area contributed by atoms with E-state index in [1.807, 2.05) is 21.1 Å². The normalized spacial score (nSPS) is 13.7. The van der Waals surface area contributed by atoms with Crippen molar-refractivity contribution in [2.45, 2.75) is 193 Å². The maximum Gasteiger partial charge on any atom is 0.306 e. The number of carbonyl (C=O) groups excluding carboxylic acids is 2. The van der Waals surface area contributed by atoms with Crippen molar-refractivity contribution < 1.29 is 42.1 Å². The van der Waals surface area contributed by atoms with Gasteiger partial charge in [-0.25, -0.2) is 0 Å². The molecular weight excluding hydrogens is 641 g/mol. The van der Waals surface area contributed by atoms with Crippen LogP contribution in [0.5, 0.6) is 0 Å². The summed E-state index contributed by atoms with van der Waals surface area (Å²) < 4.78 is 33.8. The van der Waals surface area contributed by atoms with Crippen molar-refractivity contribution in [2.24, 2.45) is 0 Å². The molecular formula is C39H78NO8P.